The summed E-state index contributed by atoms with van der Waals surface area (Å²) in [6, 6.07) is 21.8. The minimum Gasteiger partial charge on any atom is -0.361 e. The van der Waals surface area contributed by atoms with Gasteiger partial charge in [-0.1, -0.05) is 246 Å². The maximum absolute atomic E-state index is 6.10. The molecule has 0 saturated heterocycles. The van der Waals surface area contributed by atoms with Crippen LogP contribution in [0.5, 0.6) is 0 Å². The standard InChI is InChI=1S/C13H14ClNO.C10H15NO.2C10H17NO.2C9H15NO.C8H13NO.CH4/c1-13(2,3)12-8-11(15-16-12)9-6-4-5-7-10(9)14;1-10(2,3)9-6-8(12-11-9)7-4-5-7;2*1-5-6-8-7-9(11-12-8)10(2,3)4;2*1-5-7-6-8(11-10-7)9(2,3)4;1-6-5-7(10-9-6)8(2,3)4;/h4-8H,1-3H3;6-7H,4-5H2,1-3H3;2*7H,5-6H2,1-4H3;2*6H,5H2,1-4H3;5H,1-4H3;1H4. The average molecular weight is 1200 g/mol. The fraction of sp³-hybridized carbons (Fsp3) is 0.614. The van der Waals surface area contributed by atoms with E-state index in [2.05, 4.69) is 227 Å². The molecule has 1 aliphatic carbocycles. The van der Waals surface area contributed by atoms with Crippen LogP contribution in [0.4, 0.5) is 0 Å². The zero-order valence-electron chi connectivity index (χ0n) is 56.5. The number of benzene rings is 1. The zero-order valence-corrected chi connectivity index (χ0v) is 57.2. The van der Waals surface area contributed by atoms with Crippen molar-refractivity contribution < 1.29 is 31.7 Å². The Hall–Kier alpha value is -6.02. The molecule has 1 aromatic carbocycles. The molecule has 0 atom stereocenters. The Balaban J connectivity index is 0.000000339. The third kappa shape index (κ3) is 26.2. The fourth-order valence-electron chi connectivity index (χ4n) is 7.07. The first kappa shape index (κ1) is 75.1. The minimum atomic E-state index is -0.0352. The highest BCUT2D eigenvalue weighted by Gasteiger charge is 2.30. The maximum Gasteiger partial charge on any atom is 0.142 e. The lowest BCUT2D eigenvalue weighted by Gasteiger charge is -2.12. The number of halogens is 1. The van der Waals surface area contributed by atoms with E-state index in [1.165, 1.54) is 12.8 Å². The molecule has 1 saturated carbocycles. The van der Waals surface area contributed by atoms with Crippen LogP contribution in [0.1, 0.15) is 287 Å². The first-order chi connectivity index (χ1) is 38.7. The zero-order chi connectivity index (χ0) is 63.6. The summed E-state index contributed by atoms with van der Waals surface area (Å²) in [6.07, 6.45) is 8.64. The normalized spacial score (nSPS) is 12.7. The molecule has 0 N–H and O–H groups in total. The molecule has 474 valence electrons. The van der Waals surface area contributed by atoms with E-state index < -0.39 is 0 Å². The van der Waals surface area contributed by atoms with Crippen molar-refractivity contribution in [1.82, 2.24) is 36.1 Å². The van der Waals surface area contributed by atoms with Gasteiger partial charge < -0.3 is 31.7 Å². The lowest BCUT2D eigenvalue weighted by molar-refractivity contribution is 0.326. The number of aryl methyl sites for hydroxylation is 5. The Morgan fingerprint density at radius 2 is 0.776 bits per heavy atom. The molecular weight excluding hydrogens is 1090 g/mol. The molecule has 15 heteroatoms. The molecule has 0 amide bonds. The molecular formula is C70H110ClN7O7. The van der Waals surface area contributed by atoms with Gasteiger partial charge in [-0.15, -0.1) is 0 Å². The van der Waals surface area contributed by atoms with Crippen LogP contribution in [0.15, 0.2) is 98.4 Å². The fourth-order valence-corrected chi connectivity index (χ4v) is 7.30. The maximum atomic E-state index is 6.10. The van der Waals surface area contributed by atoms with Crippen LogP contribution in [-0.2, 0) is 63.6 Å². The summed E-state index contributed by atoms with van der Waals surface area (Å²) in [6.45, 7) is 54.9. The molecule has 14 nitrogen and oxygen atoms in total. The number of hydrogen-bond acceptors (Lipinski definition) is 14. The Morgan fingerprint density at radius 1 is 0.412 bits per heavy atom. The van der Waals surface area contributed by atoms with E-state index in [0.717, 1.165) is 124 Å². The van der Waals surface area contributed by atoms with Crippen molar-refractivity contribution >= 4 is 11.6 Å². The number of nitrogens with zero attached hydrogens (tertiary/aromatic N) is 7. The number of aromatic nitrogens is 7. The van der Waals surface area contributed by atoms with E-state index in [4.69, 9.17) is 43.3 Å². The highest BCUT2D eigenvalue weighted by molar-refractivity contribution is 6.33. The summed E-state index contributed by atoms with van der Waals surface area (Å²) in [5.74, 6) is 7.51. The first-order valence-corrected chi connectivity index (χ1v) is 30.6. The van der Waals surface area contributed by atoms with E-state index >= 15 is 0 Å². The summed E-state index contributed by atoms with van der Waals surface area (Å²) in [4.78, 5) is 0. The van der Waals surface area contributed by atoms with Crippen LogP contribution >= 0.6 is 11.6 Å². The Bertz CT molecular complexity index is 3000. The van der Waals surface area contributed by atoms with Gasteiger partial charge in [0.15, 0.2) is 0 Å². The van der Waals surface area contributed by atoms with E-state index in [9.17, 15) is 0 Å². The molecule has 1 aliphatic rings. The predicted octanol–water partition coefficient (Wildman–Crippen LogP) is 21.0. The number of hydrogen-bond donors (Lipinski definition) is 0. The Kier molecular flexibility index (Phi) is 28.4. The predicted molar refractivity (Wildman–Crippen MR) is 347 cm³/mol. The Morgan fingerprint density at radius 3 is 1.06 bits per heavy atom. The molecule has 7 heterocycles. The van der Waals surface area contributed by atoms with Crippen molar-refractivity contribution in [3.8, 4) is 11.3 Å². The molecule has 9 rings (SSSR count). The third-order valence-electron chi connectivity index (χ3n) is 13.0. The van der Waals surface area contributed by atoms with Crippen LogP contribution in [-0.4, -0.2) is 36.1 Å². The van der Waals surface area contributed by atoms with Gasteiger partial charge in [-0.2, -0.15) is 0 Å². The van der Waals surface area contributed by atoms with Crippen LogP contribution in [0.25, 0.3) is 11.3 Å². The van der Waals surface area contributed by atoms with Crippen molar-refractivity contribution in [3.05, 3.63) is 146 Å². The molecule has 0 spiro atoms. The van der Waals surface area contributed by atoms with Gasteiger partial charge in [0.25, 0.3) is 0 Å². The second-order valence-electron chi connectivity index (χ2n) is 29.0. The summed E-state index contributed by atoms with van der Waals surface area (Å²) in [7, 11) is 0. The quantitative estimate of drug-likeness (QED) is 0.140. The monoisotopic (exact) mass is 1200 g/mol. The molecule has 85 heavy (non-hydrogen) atoms. The van der Waals surface area contributed by atoms with Gasteiger partial charge in [0, 0.05) is 105 Å². The van der Waals surface area contributed by atoms with Gasteiger partial charge in [-0.25, -0.2) is 0 Å². The summed E-state index contributed by atoms with van der Waals surface area (Å²) < 4.78 is 36.4. The van der Waals surface area contributed by atoms with Gasteiger partial charge in [0.05, 0.1) is 39.2 Å². The highest BCUT2D eigenvalue weighted by atomic mass is 35.5. The van der Waals surface area contributed by atoms with Gasteiger partial charge >= 0.3 is 0 Å². The van der Waals surface area contributed by atoms with Crippen LogP contribution in [0.2, 0.25) is 5.02 Å². The highest BCUT2D eigenvalue weighted by Crippen LogP contribution is 2.41. The van der Waals surface area contributed by atoms with Crippen LogP contribution in [0, 0.1) is 6.92 Å². The molecule has 0 aliphatic heterocycles. The minimum absolute atomic E-state index is 0. The second-order valence-corrected chi connectivity index (χ2v) is 29.4. The molecule has 1 fully saturated rings. The van der Waals surface area contributed by atoms with E-state index in [-0.39, 0.29) is 45.3 Å². The van der Waals surface area contributed by atoms with Gasteiger partial charge in [-0.3, -0.25) is 0 Å². The molecule has 0 unspecified atom stereocenters. The molecule has 8 aromatic rings. The van der Waals surface area contributed by atoms with E-state index in [0.29, 0.717) is 10.9 Å². The summed E-state index contributed by atoms with van der Waals surface area (Å²) in [5.41, 5.74) is 8.44. The Labute approximate surface area is 517 Å². The van der Waals surface area contributed by atoms with Crippen molar-refractivity contribution in [1.29, 1.82) is 0 Å². The summed E-state index contributed by atoms with van der Waals surface area (Å²) in [5, 5.41) is 28.5. The third-order valence-corrected chi connectivity index (χ3v) is 13.3. The van der Waals surface area contributed by atoms with Crippen LogP contribution in [0.3, 0.4) is 0 Å². The average Bonchev–Trinajstić information content (AvgIpc) is 3.90. The second kappa shape index (κ2) is 32.1. The van der Waals surface area contributed by atoms with Gasteiger partial charge in [0.2, 0.25) is 0 Å². The molecule has 0 bridgehead atoms. The summed E-state index contributed by atoms with van der Waals surface area (Å²) >= 11 is 6.10. The van der Waals surface area contributed by atoms with Crippen molar-refractivity contribution in [3.63, 3.8) is 0 Å². The topological polar surface area (TPSA) is 182 Å². The van der Waals surface area contributed by atoms with Crippen molar-refractivity contribution in [2.75, 3.05) is 0 Å². The van der Waals surface area contributed by atoms with E-state index in [1.54, 1.807) is 0 Å². The SMILES string of the molecule is C.CC(C)(C)c1cc(-c2ccccc2Cl)no1.CC(C)(C)c1cc(C2CC2)on1.CCCc1cc(C(C)(C)C)no1.CCCc1cc(C(C)(C)C)no1.CCc1cc(C(C)(C)C)on1.CCc1cc(C(C)(C)C)on1.Cc1cc(C(C)(C)C)on1. The van der Waals surface area contributed by atoms with Gasteiger partial charge in [0.1, 0.15) is 46.0 Å². The smallest absolute Gasteiger partial charge is 0.142 e. The molecule has 0 radical (unpaired) electrons. The van der Waals surface area contributed by atoms with Gasteiger partial charge in [-0.05, 0) is 51.5 Å². The first-order valence-electron chi connectivity index (χ1n) is 30.2. The number of rotatable bonds is 8. The molecule has 7 aromatic heterocycles. The van der Waals surface area contributed by atoms with Crippen LogP contribution < -0.4 is 0 Å². The lowest BCUT2D eigenvalue weighted by atomic mass is 9.92. The lowest BCUT2D eigenvalue weighted by Crippen LogP contribution is -2.10. The largest absolute Gasteiger partial charge is 0.361 e. The van der Waals surface area contributed by atoms with Crippen molar-refractivity contribution in [2.24, 2.45) is 0 Å². The van der Waals surface area contributed by atoms with Crippen molar-refractivity contribution in [2.45, 2.75) is 283 Å². The van der Waals surface area contributed by atoms with E-state index in [1.807, 2.05) is 55.5 Å².